The number of anilines is 1. The lowest BCUT2D eigenvalue weighted by Gasteiger charge is -2.11. The fraction of sp³-hybridized carbons (Fsp3) is 0.333. The molecule has 3 aromatic heterocycles. The average Bonchev–Trinajstić information content (AvgIpc) is 2.99. The lowest BCUT2D eigenvalue weighted by Crippen LogP contribution is -2.28. The highest BCUT2D eigenvalue weighted by atomic mass is 32.1. The maximum absolute atomic E-state index is 12.9. The fourth-order valence-electron chi connectivity index (χ4n) is 3.24. The maximum atomic E-state index is 12.9. The molecule has 0 fully saturated rings. The Bertz CT molecular complexity index is 1020. The number of hydrogen-bond acceptors (Lipinski definition) is 5. The number of pyridine rings is 1. The van der Waals surface area contributed by atoms with E-state index in [1.54, 1.807) is 17.5 Å². The molecule has 0 unspecified atom stereocenters. The van der Waals surface area contributed by atoms with Gasteiger partial charge in [0.2, 0.25) is 5.91 Å². The largest absolute Gasteiger partial charge is 0.309 e. The van der Waals surface area contributed by atoms with E-state index in [0.717, 1.165) is 35.2 Å². The van der Waals surface area contributed by atoms with Gasteiger partial charge in [0.15, 0.2) is 0 Å². The van der Waals surface area contributed by atoms with Gasteiger partial charge in [-0.05, 0) is 49.8 Å². The van der Waals surface area contributed by atoms with Gasteiger partial charge in [0.1, 0.15) is 17.2 Å². The second-order valence-electron chi connectivity index (χ2n) is 6.29. The number of nitrogens with one attached hydrogen (secondary N) is 1. The molecule has 1 aliphatic carbocycles. The summed E-state index contributed by atoms with van der Waals surface area (Å²) in [5.41, 5.74) is 1.89. The number of aryl methyl sites for hydroxylation is 3. The number of hydrogen-bond donors (Lipinski definition) is 1. The summed E-state index contributed by atoms with van der Waals surface area (Å²) in [6.45, 7) is 1.81. The number of aromatic nitrogens is 3. The van der Waals surface area contributed by atoms with E-state index in [1.807, 2.05) is 19.1 Å². The zero-order chi connectivity index (χ0) is 17.4. The minimum Gasteiger partial charge on any atom is -0.309 e. The zero-order valence-corrected chi connectivity index (χ0v) is 14.7. The van der Waals surface area contributed by atoms with Crippen molar-refractivity contribution in [3.8, 4) is 0 Å². The molecule has 3 aromatic rings. The van der Waals surface area contributed by atoms with Crippen molar-refractivity contribution < 1.29 is 4.79 Å². The molecular formula is C18H18N4O2S. The van der Waals surface area contributed by atoms with Crippen molar-refractivity contribution in [2.75, 3.05) is 5.32 Å². The fourth-order valence-corrected chi connectivity index (χ4v) is 4.46. The van der Waals surface area contributed by atoms with Crippen LogP contribution in [0.5, 0.6) is 0 Å². The number of fused-ring (bicyclic) bond motifs is 3. The monoisotopic (exact) mass is 354 g/mol. The van der Waals surface area contributed by atoms with Crippen LogP contribution in [0.15, 0.2) is 29.5 Å². The van der Waals surface area contributed by atoms with Crippen LogP contribution in [0.4, 0.5) is 5.82 Å². The van der Waals surface area contributed by atoms with E-state index in [4.69, 9.17) is 0 Å². The highest BCUT2D eigenvalue weighted by molar-refractivity contribution is 7.18. The van der Waals surface area contributed by atoms with Gasteiger partial charge in [-0.2, -0.15) is 0 Å². The van der Waals surface area contributed by atoms with Gasteiger partial charge in [0.05, 0.1) is 11.7 Å². The van der Waals surface area contributed by atoms with E-state index in [-0.39, 0.29) is 18.0 Å². The smallest absolute Gasteiger partial charge is 0.262 e. The molecule has 0 radical (unpaired) electrons. The molecular weight excluding hydrogens is 336 g/mol. The van der Waals surface area contributed by atoms with E-state index in [2.05, 4.69) is 15.3 Å². The van der Waals surface area contributed by atoms with Gasteiger partial charge < -0.3 is 5.32 Å². The Morgan fingerprint density at radius 1 is 1.32 bits per heavy atom. The first-order valence-electron chi connectivity index (χ1n) is 8.34. The van der Waals surface area contributed by atoms with E-state index in [9.17, 15) is 9.59 Å². The molecule has 1 aliphatic rings. The molecule has 1 N–H and O–H groups in total. The van der Waals surface area contributed by atoms with Gasteiger partial charge in [-0.25, -0.2) is 9.97 Å². The van der Waals surface area contributed by atoms with Crippen LogP contribution in [0.3, 0.4) is 0 Å². The first-order valence-corrected chi connectivity index (χ1v) is 9.16. The van der Waals surface area contributed by atoms with E-state index in [1.165, 1.54) is 22.2 Å². The molecule has 7 heteroatoms. The van der Waals surface area contributed by atoms with Crippen LogP contribution in [0.25, 0.3) is 10.2 Å². The number of carbonyl (C=O) groups is 1. The zero-order valence-electron chi connectivity index (χ0n) is 13.9. The van der Waals surface area contributed by atoms with Crippen LogP contribution in [0.2, 0.25) is 0 Å². The Hall–Kier alpha value is -2.54. The lowest BCUT2D eigenvalue weighted by atomic mass is 9.97. The topological polar surface area (TPSA) is 76.9 Å². The summed E-state index contributed by atoms with van der Waals surface area (Å²) < 4.78 is 1.39. The third-order valence-corrected chi connectivity index (χ3v) is 5.72. The molecule has 128 valence electrons. The van der Waals surface area contributed by atoms with Gasteiger partial charge in [-0.15, -0.1) is 11.3 Å². The van der Waals surface area contributed by atoms with Crippen LogP contribution in [-0.4, -0.2) is 20.4 Å². The van der Waals surface area contributed by atoms with E-state index >= 15 is 0 Å². The molecule has 0 atom stereocenters. The summed E-state index contributed by atoms with van der Waals surface area (Å²) in [4.78, 5) is 35.8. The highest BCUT2D eigenvalue weighted by Gasteiger charge is 2.20. The van der Waals surface area contributed by atoms with E-state index in [0.29, 0.717) is 11.2 Å². The molecule has 6 nitrogen and oxygen atoms in total. The minimum atomic E-state index is -0.283. The number of carbonyl (C=O) groups excluding carboxylic acids is 1. The van der Waals surface area contributed by atoms with Gasteiger partial charge in [0, 0.05) is 11.1 Å². The van der Waals surface area contributed by atoms with Crippen molar-refractivity contribution in [2.45, 2.75) is 39.2 Å². The predicted octanol–water partition coefficient (Wildman–Crippen LogP) is 2.68. The molecule has 0 bridgehead atoms. The Morgan fingerprint density at radius 3 is 3.00 bits per heavy atom. The number of thiophene rings is 1. The Balaban J connectivity index is 1.63. The number of amides is 1. The van der Waals surface area contributed by atoms with Crippen LogP contribution in [0, 0.1) is 6.92 Å². The Labute approximate surface area is 148 Å². The maximum Gasteiger partial charge on any atom is 0.262 e. The summed E-state index contributed by atoms with van der Waals surface area (Å²) in [5.74, 6) is 0.233. The highest BCUT2D eigenvalue weighted by Crippen LogP contribution is 2.33. The molecule has 0 aromatic carbocycles. The number of rotatable bonds is 3. The van der Waals surface area contributed by atoms with Crippen molar-refractivity contribution in [1.29, 1.82) is 0 Å². The summed E-state index contributed by atoms with van der Waals surface area (Å²) in [6, 6.07) is 3.69. The van der Waals surface area contributed by atoms with E-state index < -0.39 is 0 Å². The standard InChI is InChI=1S/C18H18N4O2S/c1-11-5-4-8-19-16(11)21-14(23)9-22-10-20-17-15(18(22)24)12-6-2-3-7-13(12)25-17/h4-5,8,10H,2-3,6-7,9H2,1H3,(H,19,21,23). The molecule has 0 saturated carbocycles. The van der Waals surface area contributed by atoms with Gasteiger partial charge in [0.25, 0.3) is 5.56 Å². The minimum absolute atomic E-state index is 0.0671. The summed E-state index contributed by atoms with van der Waals surface area (Å²) in [7, 11) is 0. The van der Waals surface area contributed by atoms with Crippen molar-refractivity contribution >= 4 is 33.3 Å². The molecule has 0 spiro atoms. The van der Waals surface area contributed by atoms with Crippen molar-refractivity contribution in [2.24, 2.45) is 0 Å². The summed E-state index contributed by atoms with van der Waals surface area (Å²) >= 11 is 1.61. The predicted molar refractivity (Wildman–Crippen MR) is 98.1 cm³/mol. The van der Waals surface area contributed by atoms with Crippen LogP contribution >= 0.6 is 11.3 Å². The molecule has 3 heterocycles. The second kappa shape index (κ2) is 6.40. The van der Waals surface area contributed by atoms with Crippen molar-refractivity contribution in [3.05, 3.63) is 51.0 Å². The molecule has 25 heavy (non-hydrogen) atoms. The Kier molecular flexibility index (Phi) is 4.09. The molecule has 0 saturated heterocycles. The molecule has 4 rings (SSSR count). The van der Waals surface area contributed by atoms with Crippen LogP contribution in [0.1, 0.15) is 28.8 Å². The van der Waals surface area contributed by atoms with Crippen molar-refractivity contribution in [3.63, 3.8) is 0 Å². The SMILES string of the molecule is Cc1cccnc1NC(=O)Cn1cnc2sc3c(c2c1=O)CCCC3. The second-order valence-corrected chi connectivity index (χ2v) is 7.37. The quantitative estimate of drug-likeness (QED) is 0.784. The average molecular weight is 354 g/mol. The van der Waals surface area contributed by atoms with Crippen LogP contribution in [-0.2, 0) is 24.2 Å². The summed E-state index contributed by atoms with van der Waals surface area (Å²) in [6.07, 6.45) is 7.31. The third kappa shape index (κ3) is 2.95. The molecule has 0 aliphatic heterocycles. The Morgan fingerprint density at radius 2 is 2.16 bits per heavy atom. The van der Waals surface area contributed by atoms with Gasteiger partial charge >= 0.3 is 0 Å². The summed E-state index contributed by atoms with van der Waals surface area (Å²) in [5, 5.41) is 3.45. The lowest BCUT2D eigenvalue weighted by molar-refractivity contribution is -0.116. The molecule has 1 amide bonds. The van der Waals surface area contributed by atoms with Crippen molar-refractivity contribution in [1.82, 2.24) is 14.5 Å². The van der Waals surface area contributed by atoms with Gasteiger partial charge in [-0.1, -0.05) is 6.07 Å². The third-order valence-electron chi connectivity index (χ3n) is 4.52. The number of nitrogens with zero attached hydrogens (tertiary/aromatic N) is 3. The van der Waals surface area contributed by atoms with Gasteiger partial charge in [-0.3, -0.25) is 14.2 Å². The normalized spacial score (nSPS) is 13.6. The first kappa shape index (κ1) is 16.0. The van der Waals surface area contributed by atoms with Crippen LogP contribution < -0.4 is 10.9 Å². The first-order chi connectivity index (χ1) is 12.1.